The van der Waals surface area contributed by atoms with Crippen LogP contribution >= 0.6 is 11.6 Å². The second-order valence-electron chi connectivity index (χ2n) is 4.82. The lowest BCUT2D eigenvalue weighted by Crippen LogP contribution is -2.19. The minimum atomic E-state index is -4.44. The highest BCUT2D eigenvalue weighted by molar-refractivity contribution is 6.34. The summed E-state index contributed by atoms with van der Waals surface area (Å²) < 4.78 is 40.8. The Kier molecular flexibility index (Phi) is 3.85. The van der Waals surface area contributed by atoms with E-state index in [-0.39, 0.29) is 18.2 Å². The number of amides is 1. The number of benzene rings is 1. The van der Waals surface area contributed by atoms with E-state index in [1.165, 1.54) is 6.20 Å². The van der Waals surface area contributed by atoms with E-state index in [1.807, 2.05) is 0 Å². The van der Waals surface area contributed by atoms with Crippen LogP contribution < -0.4 is 10.1 Å². The molecule has 0 bridgehead atoms. The number of aromatic nitrogens is 2. The van der Waals surface area contributed by atoms with Gasteiger partial charge >= 0.3 is 6.18 Å². The van der Waals surface area contributed by atoms with Crippen LogP contribution in [0.4, 0.5) is 18.9 Å². The third-order valence-electron chi connectivity index (χ3n) is 3.15. The lowest BCUT2D eigenvalue weighted by atomic mass is 10.0. The molecule has 0 radical (unpaired) electrons. The topological polar surface area (TPSA) is 64.1 Å². The highest BCUT2D eigenvalue weighted by atomic mass is 35.5. The molecule has 0 saturated carbocycles. The molecule has 0 unspecified atom stereocenters. The predicted molar refractivity (Wildman–Crippen MR) is 76.4 cm³/mol. The summed E-state index contributed by atoms with van der Waals surface area (Å²) in [5.41, 5.74) is 2.25. The molecule has 1 N–H and O–H groups in total. The van der Waals surface area contributed by atoms with Crippen molar-refractivity contribution in [3.05, 3.63) is 35.1 Å². The quantitative estimate of drug-likeness (QED) is 0.929. The summed E-state index contributed by atoms with van der Waals surface area (Å²) in [4.78, 5) is 19.4. The van der Waals surface area contributed by atoms with Gasteiger partial charge in [0.25, 0.3) is 0 Å². The molecule has 2 heterocycles. The second-order valence-corrected chi connectivity index (χ2v) is 5.22. The van der Waals surface area contributed by atoms with E-state index in [2.05, 4.69) is 20.0 Å². The van der Waals surface area contributed by atoms with Gasteiger partial charge in [-0.05, 0) is 11.6 Å². The zero-order valence-electron chi connectivity index (χ0n) is 11.4. The maximum Gasteiger partial charge on any atom is 0.422 e. The van der Waals surface area contributed by atoms with E-state index in [0.29, 0.717) is 27.5 Å². The van der Waals surface area contributed by atoms with Crippen molar-refractivity contribution in [1.82, 2.24) is 9.97 Å². The fourth-order valence-electron chi connectivity index (χ4n) is 2.21. The molecule has 2 aromatic rings. The van der Waals surface area contributed by atoms with E-state index in [9.17, 15) is 18.0 Å². The van der Waals surface area contributed by atoms with E-state index in [1.54, 1.807) is 12.1 Å². The highest BCUT2D eigenvalue weighted by Gasteiger charge is 2.29. The van der Waals surface area contributed by atoms with Crippen molar-refractivity contribution in [3.63, 3.8) is 0 Å². The Balaban J connectivity index is 1.86. The summed E-state index contributed by atoms with van der Waals surface area (Å²) in [5, 5.41) is 3.07. The van der Waals surface area contributed by atoms with Crippen molar-refractivity contribution >= 4 is 23.2 Å². The molecule has 23 heavy (non-hydrogen) atoms. The number of fused-ring (bicyclic) bond motifs is 1. The largest absolute Gasteiger partial charge is 0.467 e. The predicted octanol–water partition coefficient (Wildman–Crippen LogP) is 3.23. The Bertz CT molecular complexity index is 763. The number of nitrogens with one attached hydrogen (secondary N) is 1. The van der Waals surface area contributed by atoms with Gasteiger partial charge in [-0.2, -0.15) is 13.2 Å². The summed E-state index contributed by atoms with van der Waals surface area (Å²) in [6.07, 6.45) is -1.90. The highest BCUT2D eigenvalue weighted by Crippen LogP contribution is 2.37. The number of carbonyl (C=O) groups is 1. The third-order valence-corrected chi connectivity index (χ3v) is 3.47. The zero-order valence-corrected chi connectivity index (χ0v) is 12.2. The SMILES string of the molecule is O=C1Cc2c(-c3cnc(OCC(F)(F)F)cn3)ccc(Cl)c2N1. The molecular formula is C14H9ClF3N3O2. The van der Waals surface area contributed by atoms with Crippen molar-refractivity contribution in [2.24, 2.45) is 0 Å². The second kappa shape index (κ2) is 5.69. The first-order valence-corrected chi connectivity index (χ1v) is 6.84. The Morgan fingerprint density at radius 2 is 2.04 bits per heavy atom. The van der Waals surface area contributed by atoms with Crippen LogP contribution in [0.15, 0.2) is 24.5 Å². The van der Waals surface area contributed by atoms with Gasteiger partial charge in [-0.3, -0.25) is 4.79 Å². The molecule has 1 amide bonds. The first-order valence-electron chi connectivity index (χ1n) is 6.47. The van der Waals surface area contributed by atoms with Crippen LogP contribution in [0.25, 0.3) is 11.3 Å². The number of carbonyl (C=O) groups excluding carboxylic acids is 1. The minimum absolute atomic E-state index is 0.152. The fourth-order valence-corrected chi connectivity index (χ4v) is 2.43. The van der Waals surface area contributed by atoms with Gasteiger partial charge in [-0.15, -0.1) is 0 Å². The molecule has 120 valence electrons. The lowest BCUT2D eigenvalue weighted by Gasteiger charge is -2.10. The van der Waals surface area contributed by atoms with Crippen molar-refractivity contribution in [1.29, 1.82) is 0 Å². The first-order chi connectivity index (χ1) is 10.8. The van der Waals surface area contributed by atoms with Crippen LogP contribution in [0, 0.1) is 0 Å². The Labute approximate surface area is 133 Å². The smallest absolute Gasteiger partial charge is 0.422 e. The van der Waals surface area contributed by atoms with Crippen LogP contribution in [0.5, 0.6) is 5.88 Å². The molecule has 0 fully saturated rings. The molecule has 0 aliphatic carbocycles. The molecule has 3 rings (SSSR count). The van der Waals surface area contributed by atoms with Crippen molar-refractivity contribution < 1.29 is 22.7 Å². The van der Waals surface area contributed by atoms with E-state index < -0.39 is 12.8 Å². The Morgan fingerprint density at radius 1 is 1.26 bits per heavy atom. The van der Waals surface area contributed by atoms with Crippen molar-refractivity contribution in [3.8, 4) is 17.1 Å². The van der Waals surface area contributed by atoms with Crippen LogP contribution in [-0.4, -0.2) is 28.7 Å². The molecule has 0 atom stereocenters. The van der Waals surface area contributed by atoms with Gasteiger partial charge in [-0.1, -0.05) is 17.7 Å². The fraction of sp³-hybridized carbons (Fsp3) is 0.214. The number of alkyl halides is 3. The maximum atomic E-state index is 12.1. The summed E-state index contributed by atoms with van der Waals surface area (Å²) in [6, 6.07) is 3.29. The lowest BCUT2D eigenvalue weighted by molar-refractivity contribution is -0.154. The average Bonchev–Trinajstić information content (AvgIpc) is 2.88. The zero-order chi connectivity index (χ0) is 16.6. The number of rotatable bonds is 3. The van der Waals surface area contributed by atoms with E-state index in [0.717, 1.165) is 6.20 Å². The number of halogens is 4. The Hall–Kier alpha value is -2.35. The number of hydrogen-bond donors (Lipinski definition) is 1. The molecule has 9 heteroatoms. The first kappa shape index (κ1) is 15.5. The normalized spacial score (nSPS) is 13.7. The summed E-state index contributed by atoms with van der Waals surface area (Å²) in [7, 11) is 0. The standard InChI is InChI=1S/C14H9ClF3N3O2/c15-9-2-1-7(8-3-11(22)21-13(8)9)10-4-20-12(5-19-10)23-6-14(16,17)18/h1-2,4-5H,3,6H2,(H,21,22). The van der Waals surface area contributed by atoms with Crippen LogP contribution in [0.3, 0.4) is 0 Å². The van der Waals surface area contributed by atoms with Crippen molar-refractivity contribution in [2.75, 3.05) is 11.9 Å². The molecule has 0 saturated heterocycles. The number of anilines is 1. The van der Waals surface area contributed by atoms with Gasteiger partial charge in [0.05, 0.1) is 35.2 Å². The molecule has 5 nitrogen and oxygen atoms in total. The summed E-state index contributed by atoms with van der Waals surface area (Å²) in [6.45, 7) is -1.43. The number of hydrogen-bond acceptors (Lipinski definition) is 4. The minimum Gasteiger partial charge on any atom is -0.467 e. The molecule has 0 spiro atoms. The molecule has 1 aliphatic heterocycles. The van der Waals surface area contributed by atoms with Gasteiger partial charge < -0.3 is 10.1 Å². The molecule has 1 aromatic carbocycles. The maximum absolute atomic E-state index is 12.1. The van der Waals surface area contributed by atoms with Crippen molar-refractivity contribution in [2.45, 2.75) is 12.6 Å². The summed E-state index contributed by atoms with van der Waals surface area (Å²) >= 11 is 6.03. The number of ether oxygens (including phenoxy) is 1. The number of nitrogens with zero attached hydrogens (tertiary/aromatic N) is 2. The molecule has 1 aromatic heterocycles. The van der Waals surface area contributed by atoms with Gasteiger partial charge in [-0.25, -0.2) is 9.97 Å². The van der Waals surface area contributed by atoms with Crippen LogP contribution in [0.2, 0.25) is 5.02 Å². The van der Waals surface area contributed by atoms with Crippen LogP contribution in [-0.2, 0) is 11.2 Å². The Morgan fingerprint density at radius 3 is 2.70 bits per heavy atom. The van der Waals surface area contributed by atoms with Gasteiger partial charge in [0.15, 0.2) is 6.61 Å². The summed E-state index contributed by atoms with van der Waals surface area (Å²) in [5.74, 6) is -0.418. The van der Waals surface area contributed by atoms with Gasteiger partial charge in [0.2, 0.25) is 11.8 Å². The van der Waals surface area contributed by atoms with Gasteiger partial charge in [0, 0.05) is 5.56 Å². The van der Waals surface area contributed by atoms with Crippen LogP contribution in [0.1, 0.15) is 5.56 Å². The third kappa shape index (κ3) is 3.37. The average molecular weight is 344 g/mol. The van der Waals surface area contributed by atoms with E-state index in [4.69, 9.17) is 11.6 Å². The van der Waals surface area contributed by atoms with Gasteiger partial charge in [0.1, 0.15) is 0 Å². The monoisotopic (exact) mass is 343 g/mol. The molecular weight excluding hydrogens is 335 g/mol. The molecule has 1 aliphatic rings. The van der Waals surface area contributed by atoms with E-state index >= 15 is 0 Å².